The van der Waals surface area contributed by atoms with Crippen molar-refractivity contribution in [1.29, 1.82) is 0 Å². The smallest absolute Gasteiger partial charge is 0.416 e. The number of likely N-dealkylation sites (tertiary alicyclic amines) is 2. The van der Waals surface area contributed by atoms with Gasteiger partial charge in [0, 0.05) is 53.8 Å². The maximum absolute atomic E-state index is 16.4. The molecule has 20 heteroatoms. The number of halogens is 5. The van der Waals surface area contributed by atoms with Gasteiger partial charge in [0.2, 0.25) is 0 Å². The highest BCUT2D eigenvalue weighted by molar-refractivity contribution is 7.22. The number of carbonyl (C=O) groups is 2. The summed E-state index contributed by atoms with van der Waals surface area (Å²) in [6.07, 6.45) is -1.58. The minimum Gasteiger partial charge on any atom is -0.506 e. The van der Waals surface area contributed by atoms with Gasteiger partial charge in [0.1, 0.15) is 28.9 Å². The third-order valence-corrected chi connectivity index (χ3v) is 17.7. The predicted molar refractivity (Wildman–Crippen MR) is 318 cm³/mol. The molecule has 2 spiro atoms. The number of methoxy groups -OCH3 is 1. The Morgan fingerprint density at radius 1 is 0.651 bits per heavy atom. The number of thiazole rings is 1. The van der Waals surface area contributed by atoms with Crippen LogP contribution in [0.5, 0.6) is 17.2 Å². The van der Waals surface area contributed by atoms with Gasteiger partial charge < -0.3 is 50.5 Å². The number of hydrogen-bond acceptors (Lipinski definition) is 11. The molecule has 436 valence electrons. The number of nitrogens with zero attached hydrogens (tertiary/aromatic N) is 5. The van der Waals surface area contributed by atoms with E-state index in [9.17, 15) is 33.0 Å². The van der Waals surface area contributed by atoms with E-state index in [1.54, 1.807) is 25.3 Å². The number of carbonyl (C=O) groups excluding carboxylic acids is 2. The number of hydrogen-bond donors (Lipinski definition) is 6. The highest BCUT2D eigenvalue weighted by atomic mass is 32.1. The van der Waals surface area contributed by atoms with E-state index in [1.165, 1.54) is 47.7 Å². The van der Waals surface area contributed by atoms with Crippen LogP contribution in [0.1, 0.15) is 82.6 Å². The first kappa shape index (κ1) is 57.2. The van der Waals surface area contributed by atoms with Gasteiger partial charge in [-0.25, -0.2) is 23.4 Å². The second-order valence-corrected chi connectivity index (χ2v) is 25.8. The van der Waals surface area contributed by atoms with Crippen molar-refractivity contribution < 1.29 is 46.5 Å². The first-order chi connectivity index (χ1) is 39.4. The SMILES string of the molecule is COc1ccc2nc(NC(=O)Nc3ccccc3N3CC4(CCN(CC(C)(C)Cc5ccc(N6CC7(CCN(CC(C)(C)C)CC7)c7c(F)ccc(O)c76)c(NC(=O)Nc6ccc(C(F)(F)F)cc6)c5)CC4)c4c(F)ccc(O)c43)sc2c1. The number of urea groups is 2. The third-order valence-electron chi connectivity index (χ3n) is 16.7. The number of anilines is 8. The number of amides is 4. The van der Waals surface area contributed by atoms with Crippen molar-refractivity contribution >= 4 is 78.6 Å². The highest BCUT2D eigenvalue weighted by Gasteiger charge is 2.51. The number of benzene rings is 6. The molecule has 4 aliphatic rings. The van der Waals surface area contributed by atoms with Crippen LogP contribution in [0.25, 0.3) is 10.2 Å². The van der Waals surface area contributed by atoms with Crippen molar-refractivity contribution in [3.8, 4) is 17.2 Å². The van der Waals surface area contributed by atoms with Crippen molar-refractivity contribution in [2.75, 3.05) is 90.5 Å². The number of nitrogens with one attached hydrogen (secondary N) is 4. The molecule has 1 aromatic heterocycles. The van der Waals surface area contributed by atoms with Crippen LogP contribution in [0.15, 0.2) is 109 Å². The molecule has 4 amide bonds. The number of rotatable bonds is 12. The van der Waals surface area contributed by atoms with Gasteiger partial charge in [-0.1, -0.05) is 64.2 Å². The second kappa shape index (κ2) is 21.8. The summed E-state index contributed by atoms with van der Waals surface area (Å²) >= 11 is 1.31. The average Bonchev–Trinajstić information content (AvgIpc) is 2.24. The van der Waals surface area contributed by atoms with E-state index >= 15 is 8.78 Å². The summed E-state index contributed by atoms with van der Waals surface area (Å²) in [4.78, 5) is 40.6. The van der Waals surface area contributed by atoms with E-state index < -0.39 is 46.3 Å². The molecular formula is C63H68F5N9O5S. The summed E-state index contributed by atoms with van der Waals surface area (Å²) in [5, 5.41) is 34.9. The van der Waals surface area contributed by atoms with Crippen LogP contribution in [-0.4, -0.2) is 96.5 Å². The van der Waals surface area contributed by atoms with Crippen LogP contribution >= 0.6 is 11.3 Å². The molecule has 0 saturated carbocycles. The van der Waals surface area contributed by atoms with E-state index in [-0.39, 0.29) is 28.0 Å². The highest BCUT2D eigenvalue weighted by Crippen LogP contribution is 2.57. The van der Waals surface area contributed by atoms with Crippen LogP contribution in [0.4, 0.5) is 76.5 Å². The van der Waals surface area contributed by atoms with Gasteiger partial charge in [-0.2, -0.15) is 13.2 Å². The van der Waals surface area contributed by atoms with Crippen molar-refractivity contribution in [3.63, 3.8) is 0 Å². The molecular weight excluding hydrogens is 1090 g/mol. The van der Waals surface area contributed by atoms with Crippen LogP contribution in [0.3, 0.4) is 0 Å². The number of phenolic OH excluding ortho intramolecular Hbond substituents is 2. The Morgan fingerprint density at radius 2 is 1.20 bits per heavy atom. The molecule has 0 unspecified atom stereocenters. The van der Waals surface area contributed by atoms with Crippen LogP contribution in [0, 0.1) is 22.5 Å². The predicted octanol–water partition coefficient (Wildman–Crippen LogP) is 14.6. The zero-order chi connectivity index (χ0) is 58.8. The number of aromatic nitrogens is 1. The fourth-order valence-electron chi connectivity index (χ4n) is 13.2. The lowest BCUT2D eigenvalue weighted by molar-refractivity contribution is -0.137. The molecule has 0 bridgehead atoms. The van der Waals surface area contributed by atoms with Gasteiger partial charge in [-0.3, -0.25) is 5.32 Å². The Morgan fingerprint density at radius 3 is 1.78 bits per heavy atom. The average molecular weight is 1160 g/mol. The number of aromatic hydroxyl groups is 2. The molecule has 0 radical (unpaired) electrons. The Kier molecular flexibility index (Phi) is 15.0. The largest absolute Gasteiger partial charge is 0.506 e. The lowest BCUT2D eigenvalue weighted by Crippen LogP contribution is -2.47. The molecule has 2 fully saturated rings. The molecule has 5 heterocycles. The molecule has 6 aromatic carbocycles. The fourth-order valence-corrected chi connectivity index (χ4v) is 14.1. The van der Waals surface area contributed by atoms with E-state index in [2.05, 4.69) is 70.7 Å². The fraction of sp³-hybridized carbons (Fsp3) is 0.381. The second-order valence-electron chi connectivity index (χ2n) is 24.7. The molecule has 7 aromatic rings. The summed E-state index contributed by atoms with van der Waals surface area (Å²) in [5.74, 6) is -0.323. The summed E-state index contributed by atoms with van der Waals surface area (Å²) in [5.41, 5.74) is 2.75. The number of piperidine rings is 2. The lowest BCUT2D eigenvalue weighted by atomic mass is 9.73. The number of phenols is 2. The minimum atomic E-state index is -4.56. The lowest BCUT2D eigenvalue weighted by Gasteiger charge is -2.43. The Hall–Kier alpha value is -7.68. The number of alkyl halides is 3. The quantitative estimate of drug-likeness (QED) is 0.0651. The third kappa shape index (κ3) is 11.7. The number of ether oxygens (including phenoxy) is 1. The topological polar surface area (TPSA) is 158 Å². The molecule has 6 N–H and O–H groups in total. The molecule has 0 atom stereocenters. The Labute approximate surface area is 483 Å². The van der Waals surface area contributed by atoms with Gasteiger partial charge in [0.25, 0.3) is 0 Å². The van der Waals surface area contributed by atoms with Gasteiger partial charge in [-0.05, 0) is 166 Å². The maximum Gasteiger partial charge on any atom is 0.416 e. The van der Waals surface area contributed by atoms with E-state index in [0.29, 0.717) is 126 Å². The Bertz CT molecular complexity index is 3610. The minimum absolute atomic E-state index is 0.0626. The van der Waals surface area contributed by atoms with E-state index in [1.807, 2.05) is 52.3 Å². The molecule has 2 saturated heterocycles. The monoisotopic (exact) mass is 1160 g/mol. The van der Waals surface area contributed by atoms with Crippen molar-refractivity contribution in [2.24, 2.45) is 10.8 Å². The number of fused-ring (bicyclic) bond motifs is 5. The van der Waals surface area contributed by atoms with Gasteiger partial charge in [-0.15, -0.1) is 0 Å². The molecule has 4 aliphatic heterocycles. The van der Waals surface area contributed by atoms with Crippen LogP contribution in [-0.2, 0) is 23.4 Å². The van der Waals surface area contributed by atoms with Crippen LogP contribution < -0.4 is 35.8 Å². The summed E-state index contributed by atoms with van der Waals surface area (Å²) < 4.78 is 79.3. The maximum atomic E-state index is 16.4. The van der Waals surface area contributed by atoms with E-state index in [0.717, 1.165) is 42.0 Å². The standard InChI is InChI=1S/C63H68F5N9O5S/c1-59(2,3)34-74-27-23-61(24-28-74)37-77(55-50(79)22-18-43(65)53(55)61)48-20-11-38(31-46(48)71-56(80)69-40-14-12-39(13-15-40)63(66,67)68)33-60(4,5)35-75-29-25-62(26-30-75)36-76(54-49(78)21-17-42(64)52(54)62)47-10-8-7-9-44(47)70-57(81)73-58-72-45-19-16-41(82-6)32-51(45)83-58/h7-22,31-32,78-79H,23-30,33-37H2,1-6H3,(H2,69,71,80)(H2,70,72,73,81). The van der Waals surface area contributed by atoms with Crippen molar-refractivity contribution in [2.45, 2.75) is 83.7 Å². The Balaban J connectivity index is 0.819. The van der Waals surface area contributed by atoms with Gasteiger partial charge in [0.05, 0.1) is 57.0 Å². The summed E-state index contributed by atoms with van der Waals surface area (Å²) in [7, 11) is 1.58. The number of para-hydroxylation sites is 2. The normalized spacial score (nSPS) is 17.0. The zero-order valence-electron chi connectivity index (χ0n) is 47.2. The van der Waals surface area contributed by atoms with Crippen LogP contribution in [0.2, 0.25) is 0 Å². The molecule has 11 rings (SSSR count). The van der Waals surface area contributed by atoms with Gasteiger partial charge >= 0.3 is 18.2 Å². The summed E-state index contributed by atoms with van der Waals surface area (Å²) in [6, 6.07) is 26.7. The summed E-state index contributed by atoms with van der Waals surface area (Å²) in [6.45, 7) is 15.8. The van der Waals surface area contributed by atoms with Crippen molar-refractivity contribution in [1.82, 2.24) is 14.8 Å². The molecule has 83 heavy (non-hydrogen) atoms. The molecule has 0 aliphatic carbocycles. The van der Waals surface area contributed by atoms with Gasteiger partial charge in [0.15, 0.2) is 5.13 Å². The molecule has 14 nitrogen and oxygen atoms in total. The first-order valence-electron chi connectivity index (χ1n) is 27.9. The van der Waals surface area contributed by atoms with Crippen molar-refractivity contribution in [3.05, 3.63) is 143 Å². The van der Waals surface area contributed by atoms with E-state index in [4.69, 9.17) is 4.74 Å². The zero-order valence-corrected chi connectivity index (χ0v) is 48.1. The first-order valence-corrected chi connectivity index (χ1v) is 28.7.